The van der Waals surface area contributed by atoms with Gasteiger partial charge in [0.05, 0.1) is 0 Å². The normalized spacial score (nSPS) is 14.7. The van der Waals surface area contributed by atoms with Crippen molar-refractivity contribution in [2.75, 3.05) is 18.0 Å². The Balaban J connectivity index is 1.55. The summed E-state index contributed by atoms with van der Waals surface area (Å²) in [6.45, 7) is -0.552. The molecule has 1 saturated heterocycles. The first kappa shape index (κ1) is 19.1. The van der Waals surface area contributed by atoms with Crippen molar-refractivity contribution in [2.45, 2.75) is 38.8 Å². The molecule has 144 valence electrons. The maximum atomic E-state index is 12.3. The Morgan fingerprint density at radius 2 is 1.93 bits per heavy atom. The summed E-state index contributed by atoms with van der Waals surface area (Å²) in [7, 11) is 0. The first-order valence-electron chi connectivity index (χ1n) is 9.15. The molecule has 0 saturated carbocycles. The van der Waals surface area contributed by atoms with Gasteiger partial charge in [-0.15, -0.1) is 0 Å². The number of ether oxygens (including phenoxy) is 1. The number of carbonyl (C=O) groups is 1. The second-order valence-corrected chi connectivity index (χ2v) is 6.51. The number of rotatable bonds is 6. The van der Waals surface area contributed by atoms with E-state index in [0.717, 1.165) is 24.5 Å². The third-order valence-electron chi connectivity index (χ3n) is 4.51. The fourth-order valence-electron chi connectivity index (χ4n) is 3.11. The fraction of sp³-hybridized carbons (Fsp3) is 0.400. The van der Waals surface area contributed by atoms with E-state index in [1.165, 1.54) is 43.9 Å². The van der Waals surface area contributed by atoms with E-state index in [4.69, 9.17) is 0 Å². The highest BCUT2D eigenvalue weighted by Gasteiger charge is 2.12. The quantitative estimate of drug-likeness (QED) is 0.829. The smallest absolute Gasteiger partial charge is 0.387 e. The summed E-state index contributed by atoms with van der Waals surface area (Å²) in [6, 6.07) is 9.66. The second-order valence-electron chi connectivity index (χ2n) is 6.51. The summed E-state index contributed by atoms with van der Waals surface area (Å²) in [5.41, 5.74) is 1.14. The SMILES string of the molecule is O=C(NCc1ccc(N2CCCCCC2)nc1)c1cccc(OC(F)F)c1. The van der Waals surface area contributed by atoms with Gasteiger partial charge >= 0.3 is 6.61 Å². The molecule has 0 bridgehead atoms. The zero-order chi connectivity index (χ0) is 19.1. The van der Waals surface area contributed by atoms with Crippen molar-refractivity contribution in [2.24, 2.45) is 0 Å². The Bertz CT molecular complexity index is 745. The van der Waals surface area contributed by atoms with Crippen LogP contribution in [0.2, 0.25) is 0 Å². The van der Waals surface area contributed by atoms with Gasteiger partial charge in [-0.3, -0.25) is 4.79 Å². The molecule has 0 aliphatic carbocycles. The molecule has 2 aromatic rings. The fourth-order valence-corrected chi connectivity index (χ4v) is 3.11. The Hall–Kier alpha value is -2.70. The number of carbonyl (C=O) groups excluding carboxylic acids is 1. The molecule has 27 heavy (non-hydrogen) atoms. The van der Waals surface area contributed by atoms with Crippen LogP contribution in [0, 0.1) is 0 Å². The predicted molar refractivity (Wildman–Crippen MR) is 99.2 cm³/mol. The van der Waals surface area contributed by atoms with E-state index in [-0.39, 0.29) is 17.2 Å². The number of hydrogen-bond acceptors (Lipinski definition) is 4. The Labute approximate surface area is 157 Å². The largest absolute Gasteiger partial charge is 0.435 e. The highest BCUT2D eigenvalue weighted by Crippen LogP contribution is 2.18. The third kappa shape index (κ3) is 5.64. The van der Waals surface area contributed by atoms with E-state index < -0.39 is 6.61 Å². The van der Waals surface area contributed by atoms with Crippen LogP contribution in [0.15, 0.2) is 42.6 Å². The van der Waals surface area contributed by atoms with Crippen molar-refractivity contribution < 1.29 is 18.3 Å². The van der Waals surface area contributed by atoms with Crippen LogP contribution in [0.1, 0.15) is 41.6 Å². The predicted octanol–water partition coefficient (Wildman–Crippen LogP) is 3.99. The summed E-state index contributed by atoms with van der Waals surface area (Å²) in [4.78, 5) is 19.0. The number of alkyl halides is 2. The molecule has 2 heterocycles. The summed E-state index contributed by atoms with van der Waals surface area (Å²) in [6.07, 6.45) is 6.67. The second kappa shape index (κ2) is 9.30. The van der Waals surface area contributed by atoms with E-state index in [0.29, 0.717) is 6.54 Å². The van der Waals surface area contributed by atoms with Gasteiger partial charge in [0.2, 0.25) is 0 Å². The van der Waals surface area contributed by atoms with Gasteiger partial charge in [0.15, 0.2) is 0 Å². The molecule has 1 N–H and O–H groups in total. The standard InChI is InChI=1S/C20H23F2N3O2/c21-20(22)27-17-7-5-6-16(12-17)19(26)24-14-15-8-9-18(23-13-15)25-10-3-1-2-4-11-25/h5-9,12-13,20H,1-4,10-11,14H2,(H,24,26). The van der Waals surface area contributed by atoms with E-state index in [9.17, 15) is 13.6 Å². The van der Waals surface area contributed by atoms with Crippen LogP contribution in [-0.2, 0) is 6.54 Å². The number of pyridine rings is 1. The minimum atomic E-state index is -2.92. The molecule has 0 atom stereocenters. The lowest BCUT2D eigenvalue weighted by molar-refractivity contribution is -0.0498. The van der Waals surface area contributed by atoms with Crippen LogP contribution in [-0.4, -0.2) is 30.6 Å². The Morgan fingerprint density at radius 3 is 2.59 bits per heavy atom. The van der Waals surface area contributed by atoms with E-state index >= 15 is 0 Å². The highest BCUT2D eigenvalue weighted by atomic mass is 19.3. The lowest BCUT2D eigenvalue weighted by atomic mass is 10.2. The van der Waals surface area contributed by atoms with Gasteiger partial charge in [-0.05, 0) is 42.7 Å². The van der Waals surface area contributed by atoms with Crippen molar-refractivity contribution >= 4 is 11.7 Å². The molecule has 5 nitrogen and oxygen atoms in total. The average Bonchev–Trinajstić information content (AvgIpc) is 2.96. The molecule has 0 radical (unpaired) electrons. The van der Waals surface area contributed by atoms with E-state index in [1.807, 2.05) is 12.1 Å². The minimum absolute atomic E-state index is 0.0406. The van der Waals surface area contributed by atoms with Crippen LogP contribution in [0.4, 0.5) is 14.6 Å². The van der Waals surface area contributed by atoms with Crippen LogP contribution >= 0.6 is 0 Å². The molecule has 0 spiro atoms. The lowest BCUT2D eigenvalue weighted by Crippen LogP contribution is -2.25. The van der Waals surface area contributed by atoms with Crippen molar-refractivity contribution in [1.29, 1.82) is 0 Å². The third-order valence-corrected chi connectivity index (χ3v) is 4.51. The molecule has 1 aromatic carbocycles. The number of aromatic nitrogens is 1. The molecule has 1 fully saturated rings. The van der Waals surface area contributed by atoms with Crippen LogP contribution in [0.25, 0.3) is 0 Å². The zero-order valence-electron chi connectivity index (χ0n) is 15.0. The first-order chi connectivity index (χ1) is 13.1. The molecule has 3 rings (SSSR count). The molecular formula is C20H23F2N3O2. The summed E-state index contributed by atoms with van der Waals surface area (Å²) < 4.78 is 28.9. The number of nitrogens with zero attached hydrogens (tertiary/aromatic N) is 2. The first-order valence-corrected chi connectivity index (χ1v) is 9.15. The van der Waals surface area contributed by atoms with Crippen molar-refractivity contribution in [1.82, 2.24) is 10.3 Å². The van der Waals surface area contributed by atoms with E-state index in [1.54, 1.807) is 12.3 Å². The maximum Gasteiger partial charge on any atom is 0.387 e. The molecule has 7 heteroatoms. The van der Waals surface area contributed by atoms with Gasteiger partial charge in [0.1, 0.15) is 11.6 Å². The van der Waals surface area contributed by atoms with Crippen LogP contribution < -0.4 is 15.0 Å². The number of anilines is 1. The molecule has 1 aliphatic rings. The van der Waals surface area contributed by atoms with Crippen LogP contribution in [0.5, 0.6) is 5.75 Å². The average molecular weight is 375 g/mol. The topological polar surface area (TPSA) is 54.5 Å². The summed E-state index contributed by atoms with van der Waals surface area (Å²) in [5.74, 6) is 0.566. The Morgan fingerprint density at radius 1 is 1.15 bits per heavy atom. The van der Waals surface area contributed by atoms with Gasteiger partial charge < -0.3 is 15.0 Å². The van der Waals surface area contributed by atoms with Gasteiger partial charge in [0.25, 0.3) is 5.91 Å². The van der Waals surface area contributed by atoms with Gasteiger partial charge in [-0.1, -0.05) is 25.0 Å². The maximum absolute atomic E-state index is 12.3. The van der Waals surface area contributed by atoms with Crippen molar-refractivity contribution in [3.8, 4) is 5.75 Å². The monoisotopic (exact) mass is 375 g/mol. The van der Waals surface area contributed by atoms with E-state index in [2.05, 4.69) is 19.9 Å². The summed E-state index contributed by atoms with van der Waals surface area (Å²) >= 11 is 0. The molecule has 1 amide bonds. The van der Waals surface area contributed by atoms with Crippen molar-refractivity contribution in [3.05, 3.63) is 53.7 Å². The van der Waals surface area contributed by atoms with Crippen molar-refractivity contribution in [3.63, 3.8) is 0 Å². The molecule has 1 aliphatic heterocycles. The molecule has 1 aromatic heterocycles. The lowest BCUT2D eigenvalue weighted by Gasteiger charge is -2.21. The summed E-state index contributed by atoms with van der Waals surface area (Å²) in [5, 5.41) is 2.77. The number of benzene rings is 1. The Kier molecular flexibility index (Phi) is 6.57. The number of halogens is 2. The van der Waals surface area contributed by atoms with Gasteiger partial charge in [0, 0.05) is 31.4 Å². The zero-order valence-corrected chi connectivity index (χ0v) is 15.0. The van der Waals surface area contributed by atoms with Gasteiger partial charge in [-0.2, -0.15) is 8.78 Å². The highest BCUT2D eigenvalue weighted by molar-refractivity contribution is 5.94. The molecular weight excluding hydrogens is 352 g/mol. The number of amides is 1. The number of hydrogen-bond donors (Lipinski definition) is 1. The minimum Gasteiger partial charge on any atom is -0.435 e. The van der Waals surface area contributed by atoms with Gasteiger partial charge in [-0.25, -0.2) is 4.98 Å². The molecule has 0 unspecified atom stereocenters. The number of nitrogens with one attached hydrogen (secondary N) is 1. The van der Waals surface area contributed by atoms with Crippen LogP contribution in [0.3, 0.4) is 0 Å².